The Labute approximate surface area is 191 Å². The van der Waals surface area contributed by atoms with Crippen LogP contribution in [0.2, 0.25) is 0 Å². The van der Waals surface area contributed by atoms with Crippen LogP contribution in [0.3, 0.4) is 0 Å². The second-order valence-corrected chi connectivity index (χ2v) is 7.72. The van der Waals surface area contributed by atoms with Crippen molar-refractivity contribution in [1.82, 2.24) is 15.2 Å². The van der Waals surface area contributed by atoms with Gasteiger partial charge in [-0.1, -0.05) is 42.8 Å². The van der Waals surface area contributed by atoms with Crippen LogP contribution < -0.4 is 16.2 Å². The van der Waals surface area contributed by atoms with Crippen LogP contribution in [0.15, 0.2) is 58.3 Å². The lowest BCUT2D eigenvalue weighted by atomic mass is 9.64. The minimum absolute atomic E-state index is 0. The Morgan fingerprint density at radius 3 is 2.45 bits per heavy atom. The van der Waals surface area contributed by atoms with E-state index in [4.69, 9.17) is 0 Å². The molecule has 0 saturated heterocycles. The highest BCUT2D eigenvalue weighted by Crippen LogP contribution is 2.43. The summed E-state index contributed by atoms with van der Waals surface area (Å²) in [5.41, 5.74) is 2.76. The molecule has 1 aliphatic carbocycles. The zero-order chi connectivity index (χ0) is 19.8. The molecule has 1 saturated carbocycles. The van der Waals surface area contributed by atoms with Crippen molar-refractivity contribution in [3.63, 3.8) is 0 Å². The molecule has 0 unspecified atom stereocenters. The van der Waals surface area contributed by atoms with Crippen molar-refractivity contribution in [1.29, 1.82) is 0 Å². The molecule has 0 radical (unpaired) electrons. The van der Waals surface area contributed by atoms with Crippen LogP contribution in [0.1, 0.15) is 43.4 Å². The van der Waals surface area contributed by atoms with Crippen LogP contribution >= 0.6 is 24.0 Å². The lowest BCUT2D eigenvalue weighted by Crippen LogP contribution is -2.49. The maximum Gasteiger partial charge on any atom is 0.250 e. The van der Waals surface area contributed by atoms with Crippen molar-refractivity contribution in [3.8, 4) is 0 Å². The first-order valence-electron chi connectivity index (χ1n) is 10.3. The third kappa shape index (κ3) is 6.07. The lowest BCUT2D eigenvalue weighted by Gasteiger charge is -2.43. The van der Waals surface area contributed by atoms with Crippen LogP contribution in [0.25, 0.3) is 0 Å². The number of aliphatic imine (C=N–C) groups is 1. The lowest BCUT2D eigenvalue weighted by molar-refractivity contribution is 0.244. The molecule has 0 amide bonds. The van der Waals surface area contributed by atoms with Crippen LogP contribution in [-0.4, -0.2) is 30.7 Å². The summed E-state index contributed by atoms with van der Waals surface area (Å²) in [6, 6.07) is 16.2. The van der Waals surface area contributed by atoms with Gasteiger partial charge < -0.3 is 15.2 Å². The summed E-state index contributed by atoms with van der Waals surface area (Å²) >= 11 is 0. The molecule has 0 spiro atoms. The number of hydrogen-bond acceptors (Lipinski definition) is 2. The van der Waals surface area contributed by atoms with Crippen molar-refractivity contribution < 1.29 is 0 Å². The van der Waals surface area contributed by atoms with E-state index in [1.165, 1.54) is 24.8 Å². The van der Waals surface area contributed by atoms with Gasteiger partial charge >= 0.3 is 0 Å². The van der Waals surface area contributed by atoms with Crippen molar-refractivity contribution >= 4 is 29.9 Å². The van der Waals surface area contributed by atoms with E-state index in [-0.39, 0.29) is 35.0 Å². The molecule has 29 heavy (non-hydrogen) atoms. The predicted octanol–water partition coefficient (Wildman–Crippen LogP) is 3.84. The van der Waals surface area contributed by atoms with Gasteiger partial charge in [-0.3, -0.25) is 9.79 Å². The molecule has 1 aromatic heterocycles. The Bertz CT molecular complexity index is 843. The van der Waals surface area contributed by atoms with Gasteiger partial charge in [0.05, 0.1) is 0 Å². The highest BCUT2D eigenvalue weighted by atomic mass is 127. The standard InChI is InChI=1S/C23H32N4O.HI/c1-19-10-8-13-21(28)27(19)17-7-6-16-25-22(24-2)26-18-23(14-9-15-23)20-11-4-3-5-12-20;/h3-5,8,10-13H,6-7,9,14-18H2,1-2H3,(H2,24,25,26);1H. The zero-order valence-corrected chi connectivity index (χ0v) is 19.8. The van der Waals surface area contributed by atoms with Crippen molar-refractivity contribution in [2.75, 3.05) is 20.1 Å². The number of aromatic nitrogens is 1. The number of hydrogen-bond donors (Lipinski definition) is 2. The van der Waals surface area contributed by atoms with Gasteiger partial charge in [0.1, 0.15) is 0 Å². The number of unbranched alkanes of at least 4 members (excludes halogenated alkanes) is 1. The second-order valence-electron chi connectivity index (χ2n) is 7.72. The van der Waals surface area contributed by atoms with E-state index in [1.807, 2.05) is 30.7 Å². The van der Waals surface area contributed by atoms with Gasteiger partial charge in [0.15, 0.2) is 5.96 Å². The van der Waals surface area contributed by atoms with E-state index < -0.39 is 0 Å². The highest BCUT2D eigenvalue weighted by molar-refractivity contribution is 14.0. The Kier molecular flexibility index (Phi) is 9.20. The van der Waals surface area contributed by atoms with E-state index in [0.717, 1.165) is 44.1 Å². The minimum atomic E-state index is 0. The Hall–Kier alpha value is -1.83. The zero-order valence-electron chi connectivity index (χ0n) is 17.5. The van der Waals surface area contributed by atoms with Crippen LogP contribution in [0.4, 0.5) is 0 Å². The summed E-state index contributed by atoms with van der Waals surface area (Å²) < 4.78 is 1.84. The summed E-state index contributed by atoms with van der Waals surface area (Å²) in [6.07, 6.45) is 5.70. The molecule has 0 aliphatic heterocycles. The molecule has 3 rings (SSSR count). The van der Waals surface area contributed by atoms with Crippen molar-refractivity contribution in [2.45, 2.75) is 51.0 Å². The molecule has 1 aliphatic rings. The normalized spacial score (nSPS) is 15.2. The molecule has 2 aromatic rings. The number of halogens is 1. The number of pyridine rings is 1. The fourth-order valence-electron chi connectivity index (χ4n) is 3.95. The average Bonchev–Trinajstić information content (AvgIpc) is 2.68. The van der Waals surface area contributed by atoms with Gasteiger partial charge in [-0.05, 0) is 44.2 Å². The first-order chi connectivity index (χ1) is 13.6. The smallest absolute Gasteiger partial charge is 0.250 e. The van der Waals surface area contributed by atoms with Gasteiger partial charge in [0, 0.05) is 43.9 Å². The molecule has 5 nitrogen and oxygen atoms in total. The Morgan fingerprint density at radius 2 is 1.83 bits per heavy atom. The number of nitrogens with one attached hydrogen (secondary N) is 2. The number of aryl methyl sites for hydroxylation is 1. The van der Waals surface area contributed by atoms with E-state index in [2.05, 4.69) is 46.0 Å². The third-order valence-corrected chi connectivity index (χ3v) is 5.88. The van der Waals surface area contributed by atoms with E-state index in [0.29, 0.717) is 0 Å². The third-order valence-electron chi connectivity index (χ3n) is 5.88. The van der Waals surface area contributed by atoms with Gasteiger partial charge in [-0.15, -0.1) is 24.0 Å². The van der Waals surface area contributed by atoms with Crippen LogP contribution in [-0.2, 0) is 12.0 Å². The number of rotatable bonds is 8. The van der Waals surface area contributed by atoms with Crippen molar-refractivity contribution in [2.24, 2.45) is 4.99 Å². The van der Waals surface area contributed by atoms with Gasteiger partial charge in [0.25, 0.3) is 5.56 Å². The summed E-state index contributed by atoms with van der Waals surface area (Å²) in [5.74, 6) is 0.857. The molecule has 158 valence electrons. The summed E-state index contributed by atoms with van der Waals surface area (Å²) in [4.78, 5) is 16.3. The quantitative estimate of drug-likeness (QED) is 0.247. The molecule has 1 heterocycles. The van der Waals surface area contributed by atoms with Crippen molar-refractivity contribution in [3.05, 3.63) is 70.1 Å². The van der Waals surface area contributed by atoms with Crippen LogP contribution in [0.5, 0.6) is 0 Å². The predicted molar refractivity (Wildman–Crippen MR) is 131 cm³/mol. The average molecular weight is 508 g/mol. The SMILES string of the molecule is CN=C(NCCCCn1c(C)cccc1=O)NCC1(c2ccccc2)CCC1.I. The molecular weight excluding hydrogens is 475 g/mol. The van der Waals surface area contributed by atoms with E-state index in [9.17, 15) is 4.79 Å². The Morgan fingerprint density at radius 1 is 1.07 bits per heavy atom. The first-order valence-corrected chi connectivity index (χ1v) is 10.3. The van der Waals surface area contributed by atoms with E-state index >= 15 is 0 Å². The van der Waals surface area contributed by atoms with Crippen LogP contribution in [0, 0.1) is 6.92 Å². The summed E-state index contributed by atoms with van der Waals surface area (Å²) in [5, 5.41) is 6.93. The highest BCUT2D eigenvalue weighted by Gasteiger charge is 2.38. The molecule has 1 fully saturated rings. The molecule has 6 heteroatoms. The second kappa shape index (κ2) is 11.4. The monoisotopic (exact) mass is 508 g/mol. The molecule has 2 N–H and O–H groups in total. The Balaban J connectivity index is 0.00000300. The molecule has 0 atom stereocenters. The maximum atomic E-state index is 11.9. The number of guanidine groups is 1. The minimum Gasteiger partial charge on any atom is -0.356 e. The fraction of sp³-hybridized carbons (Fsp3) is 0.478. The first kappa shape index (κ1) is 23.4. The molecular formula is C23H33IN4O. The largest absolute Gasteiger partial charge is 0.356 e. The molecule has 1 aromatic carbocycles. The van der Waals surface area contributed by atoms with Gasteiger partial charge in [0.2, 0.25) is 0 Å². The number of nitrogens with zero attached hydrogens (tertiary/aromatic N) is 2. The fourth-order valence-corrected chi connectivity index (χ4v) is 3.95. The maximum absolute atomic E-state index is 11.9. The van der Waals surface area contributed by atoms with Gasteiger partial charge in [-0.2, -0.15) is 0 Å². The van der Waals surface area contributed by atoms with Gasteiger partial charge in [-0.25, -0.2) is 0 Å². The molecule has 0 bridgehead atoms. The number of benzene rings is 1. The summed E-state index contributed by atoms with van der Waals surface area (Å²) in [6.45, 7) is 4.50. The topological polar surface area (TPSA) is 58.4 Å². The van der Waals surface area contributed by atoms with E-state index in [1.54, 1.807) is 6.07 Å². The summed E-state index contributed by atoms with van der Waals surface area (Å²) in [7, 11) is 1.82.